The number of hydrogen-bond acceptors (Lipinski definition) is 16. The second-order valence-corrected chi connectivity index (χ2v) is 24.3. The monoisotopic (exact) mass is 1150 g/mol. The lowest BCUT2D eigenvalue weighted by molar-refractivity contribution is -0.148. The quantitative estimate of drug-likeness (QED) is 0.0166. The van der Waals surface area contributed by atoms with Crippen molar-refractivity contribution in [2.75, 3.05) is 51.1 Å². The summed E-state index contributed by atoms with van der Waals surface area (Å²) in [5, 5.41) is 16.8. The molecule has 19 nitrogen and oxygen atoms in total. The van der Waals surface area contributed by atoms with Crippen LogP contribution in [0.1, 0.15) is 111 Å². The van der Waals surface area contributed by atoms with Gasteiger partial charge in [-0.2, -0.15) is 0 Å². The van der Waals surface area contributed by atoms with Crippen molar-refractivity contribution >= 4 is 104 Å². The molecule has 0 aliphatic carbocycles. The van der Waals surface area contributed by atoms with Gasteiger partial charge in [0.05, 0.1) is 45.6 Å². The number of nitrogens with one attached hydrogen (secondary N) is 5. The average Bonchev–Trinajstić information content (AvgIpc) is 3.50. The molecule has 0 saturated heterocycles. The van der Waals surface area contributed by atoms with Gasteiger partial charge in [-0.1, -0.05) is 96.0 Å². The third-order valence-corrected chi connectivity index (χ3v) is 19.3. The second-order valence-electron chi connectivity index (χ2n) is 18.2. The van der Waals surface area contributed by atoms with Crippen molar-refractivity contribution in [3.05, 3.63) is 91.0 Å². The molecule has 0 heterocycles. The van der Waals surface area contributed by atoms with Crippen molar-refractivity contribution in [1.29, 1.82) is 0 Å². The first-order valence-electron chi connectivity index (χ1n) is 26.9. The van der Waals surface area contributed by atoms with Crippen LogP contribution in [0.3, 0.4) is 0 Å². The molecular formula is C57H79N5O14PS2+. The largest absolute Gasteiger partial charge is 0.469 e. The zero-order chi connectivity index (χ0) is 57.8. The van der Waals surface area contributed by atoms with E-state index in [1.165, 1.54) is 23.0 Å². The molecular weight excluding hydrogens is 1070 g/mol. The summed E-state index contributed by atoms with van der Waals surface area (Å²) < 4.78 is 20.0. The maximum atomic E-state index is 13.6. The Balaban J connectivity index is 1.69. The Bertz CT molecular complexity index is 2310. The van der Waals surface area contributed by atoms with Crippen molar-refractivity contribution in [1.82, 2.24) is 26.6 Å². The number of ketones is 1. The Labute approximate surface area is 472 Å². The van der Waals surface area contributed by atoms with Crippen LogP contribution >= 0.6 is 28.9 Å². The molecule has 3 aromatic carbocycles. The molecule has 5 amide bonds. The van der Waals surface area contributed by atoms with E-state index < -0.39 is 91.3 Å². The molecule has 0 saturated carbocycles. The first-order chi connectivity index (χ1) is 38.1. The number of rotatable bonds is 39. The highest BCUT2D eigenvalue weighted by atomic mass is 33.1. The number of carbonyl (C=O) groups is 10. The number of ether oxygens (including phenoxy) is 4. The van der Waals surface area contributed by atoms with Crippen LogP contribution in [-0.2, 0) is 66.9 Å². The smallest absolute Gasteiger partial charge is 0.328 e. The molecule has 3 aromatic rings. The van der Waals surface area contributed by atoms with Crippen LogP contribution < -0.4 is 42.5 Å². The molecule has 22 heteroatoms. The molecule has 0 radical (unpaired) electrons. The molecule has 432 valence electrons. The van der Waals surface area contributed by atoms with Crippen molar-refractivity contribution < 1.29 is 66.9 Å². The maximum Gasteiger partial charge on any atom is 0.328 e. The number of Topliss-reactive ketones (excluding diaryl/α,β-unsaturated/α-hetero) is 1. The van der Waals surface area contributed by atoms with Gasteiger partial charge >= 0.3 is 23.9 Å². The van der Waals surface area contributed by atoms with Crippen LogP contribution in [0.4, 0.5) is 0 Å². The van der Waals surface area contributed by atoms with Gasteiger partial charge in [0.15, 0.2) is 5.78 Å². The van der Waals surface area contributed by atoms with Gasteiger partial charge in [-0.3, -0.25) is 38.4 Å². The molecule has 0 aromatic heterocycles. The lowest BCUT2D eigenvalue weighted by Crippen LogP contribution is -2.50. The molecule has 0 fully saturated rings. The molecule has 0 spiro atoms. The van der Waals surface area contributed by atoms with E-state index in [2.05, 4.69) is 63.0 Å². The SMILES string of the molecule is CCCCCC(=O)NC(CCC(=O)NC(CSSCC(NC(=O)CCC(NC(=O)CCCC[P+](c1ccccc1)(c1ccccc1)c1ccccc1)C(=O)OCC)C(=O)CCC(=O)OC)C(=O)NCC(=O)OCC)C(=O)OCC. The van der Waals surface area contributed by atoms with Gasteiger partial charge in [-0.15, -0.1) is 0 Å². The van der Waals surface area contributed by atoms with Crippen molar-refractivity contribution in [2.45, 2.75) is 135 Å². The summed E-state index contributed by atoms with van der Waals surface area (Å²) in [5.74, 6) is -6.24. The van der Waals surface area contributed by atoms with E-state index in [1.807, 2.05) is 61.5 Å². The van der Waals surface area contributed by atoms with E-state index in [1.54, 1.807) is 20.8 Å². The normalized spacial score (nSPS) is 12.5. The molecule has 3 rings (SSSR count). The molecule has 79 heavy (non-hydrogen) atoms. The number of esters is 4. The lowest BCUT2D eigenvalue weighted by atomic mass is 10.1. The van der Waals surface area contributed by atoms with Gasteiger partial charge in [-0.25, -0.2) is 9.59 Å². The highest BCUT2D eigenvalue weighted by Gasteiger charge is 2.44. The topological polar surface area (TPSA) is 268 Å². The Hall–Kier alpha value is -6.31. The highest BCUT2D eigenvalue weighted by molar-refractivity contribution is 8.76. The Morgan fingerprint density at radius 2 is 0.886 bits per heavy atom. The Morgan fingerprint density at radius 3 is 1.33 bits per heavy atom. The zero-order valence-electron chi connectivity index (χ0n) is 46.1. The molecule has 0 aliphatic rings. The number of unbranched alkanes of at least 4 members (excludes halogenated alkanes) is 3. The van der Waals surface area contributed by atoms with Crippen LogP contribution in [-0.4, -0.2) is 135 Å². The Kier molecular flexibility index (Phi) is 32.5. The summed E-state index contributed by atoms with van der Waals surface area (Å²) >= 11 is 0. The van der Waals surface area contributed by atoms with Gasteiger partial charge in [-0.05, 0) is 89.3 Å². The first kappa shape index (κ1) is 67.0. The van der Waals surface area contributed by atoms with Gasteiger partial charge < -0.3 is 45.5 Å². The van der Waals surface area contributed by atoms with E-state index in [0.717, 1.165) is 40.6 Å². The highest BCUT2D eigenvalue weighted by Crippen LogP contribution is 2.56. The van der Waals surface area contributed by atoms with Crippen LogP contribution in [0.15, 0.2) is 91.0 Å². The third kappa shape index (κ3) is 24.7. The summed E-state index contributed by atoms with van der Waals surface area (Å²) in [4.78, 5) is 130. The van der Waals surface area contributed by atoms with Crippen LogP contribution in [0.2, 0.25) is 0 Å². The van der Waals surface area contributed by atoms with Crippen LogP contribution in [0.25, 0.3) is 0 Å². The van der Waals surface area contributed by atoms with Gasteiger partial charge in [0.2, 0.25) is 29.5 Å². The van der Waals surface area contributed by atoms with Gasteiger partial charge in [0.25, 0.3) is 0 Å². The fourth-order valence-corrected chi connectivity index (χ4v) is 15.1. The predicted octanol–water partition coefficient (Wildman–Crippen LogP) is 4.94. The number of methoxy groups -OCH3 is 1. The lowest BCUT2D eigenvalue weighted by Gasteiger charge is -2.27. The van der Waals surface area contributed by atoms with Crippen LogP contribution in [0.5, 0.6) is 0 Å². The molecule has 0 aliphatic heterocycles. The van der Waals surface area contributed by atoms with E-state index in [-0.39, 0.29) is 88.6 Å². The van der Waals surface area contributed by atoms with Crippen molar-refractivity contribution in [3.8, 4) is 0 Å². The minimum Gasteiger partial charge on any atom is -0.469 e. The molecule has 4 atom stereocenters. The summed E-state index contributed by atoms with van der Waals surface area (Å²) in [5.41, 5.74) is 0. The van der Waals surface area contributed by atoms with E-state index in [9.17, 15) is 47.9 Å². The van der Waals surface area contributed by atoms with E-state index in [4.69, 9.17) is 18.9 Å². The summed E-state index contributed by atoms with van der Waals surface area (Å²) in [7, 11) is 1.18. The third-order valence-electron chi connectivity index (χ3n) is 12.3. The standard InChI is InChI=1S/C57H78N5O14PS2/c1-6-10-14-29-49(64)59-45(57(72)76-9-4)32-35-52(67)62-47(55(70)58-38-54(69)74-7-2)40-79-78-39-46(48(63)33-36-53(68)73-5)61-51(66)34-31-44(56(71)75-8-3)60-50(65)30-21-22-37-77(41-23-15-11-16-24-41,42-25-17-12-18-26-42)43-27-19-13-20-28-43/h11-13,15-20,23-28,44-47H,6-10,14,21-22,29-40H2,1-5H3,(H4-,58,59,60,61,62,64,65,66,67,70)/p+1. The summed E-state index contributed by atoms with van der Waals surface area (Å²) in [6.45, 7) is 6.48. The number of amides is 5. The average molecular weight is 1150 g/mol. The summed E-state index contributed by atoms with van der Waals surface area (Å²) in [6, 6.07) is 26.5. The van der Waals surface area contributed by atoms with E-state index in [0.29, 0.717) is 19.3 Å². The number of carbonyl (C=O) groups excluding carboxylic acids is 10. The maximum absolute atomic E-state index is 13.6. The van der Waals surface area contributed by atoms with Gasteiger partial charge in [0.1, 0.15) is 47.8 Å². The fraction of sp³-hybridized carbons (Fsp3) is 0.509. The van der Waals surface area contributed by atoms with Gasteiger partial charge in [0, 0.05) is 43.6 Å². The Morgan fingerprint density at radius 1 is 0.468 bits per heavy atom. The second kappa shape index (κ2) is 38.3. The number of benzene rings is 3. The minimum atomic E-state index is -2.13. The van der Waals surface area contributed by atoms with Crippen molar-refractivity contribution in [3.63, 3.8) is 0 Å². The van der Waals surface area contributed by atoms with E-state index >= 15 is 0 Å². The number of hydrogen-bond donors (Lipinski definition) is 5. The predicted molar refractivity (Wildman–Crippen MR) is 308 cm³/mol. The molecule has 0 bridgehead atoms. The fourth-order valence-electron chi connectivity index (χ4n) is 8.28. The summed E-state index contributed by atoms with van der Waals surface area (Å²) in [6.07, 6.45) is 3.23. The minimum absolute atomic E-state index is 0.0275. The molecule has 4 unspecified atom stereocenters. The van der Waals surface area contributed by atoms with Crippen LogP contribution in [0, 0.1) is 0 Å². The van der Waals surface area contributed by atoms with Crippen molar-refractivity contribution in [2.24, 2.45) is 0 Å². The zero-order valence-corrected chi connectivity index (χ0v) is 48.6. The molecule has 5 N–H and O–H groups in total. The first-order valence-corrected chi connectivity index (χ1v) is 31.4.